The first-order chi connectivity index (χ1) is 9.18. The third-order valence-electron chi connectivity index (χ3n) is 4.31. The lowest BCUT2D eigenvalue weighted by atomic mass is 9.83. The Bertz CT molecular complexity index is 430. The van der Waals surface area contributed by atoms with E-state index in [0.717, 1.165) is 25.7 Å². The molecule has 2 atom stereocenters. The van der Waals surface area contributed by atoms with Gasteiger partial charge >= 0.3 is 0 Å². The Balaban J connectivity index is 1.83. The number of carbonyl (C=O) groups is 1. The Labute approximate surface area is 113 Å². The summed E-state index contributed by atoms with van der Waals surface area (Å²) < 4.78 is 0. The van der Waals surface area contributed by atoms with E-state index in [0.29, 0.717) is 5.56 Å². The first-order valence-electron chi connectivity index (χ1n) is 7.14. The molecule has 2 aliphatic carbocycles. The summed E-state index contributed by atoms with van der Waals surface area (Å²) in [5.74, 6) is -0.362. The largest absolute Gasteiger partial charge is 0.392 e. The number of Topliss-reactive ketones (excluding diaryl/α,β-unsaturated/α-hetero) is 1. The monoisotopic (exact) mass is 260 g/mol. The van der Waals surface area contributed by atoms with Gasteiger partial charge in [-0.25, -0.2) is 0 Å². The number of aliphatic hydroxyl groups is 2. The SMILES string of the molecule is O=C(c1ccccc1)C([C@@H](O)C1CC1)[C@@H](O)C1CC1. The third-order valence-corrected chi connectivity index (χ3v) is 4.31. The number of ketones is 1. The lowest BCUT2D eigenvalue weighted by Gasteiger charge is -2.26. The van der Waals surface area contributed by atoms with Crippen molar-refractivity contribution < 1.29 is 15.0 Å². The third kappa shape index (κ3) is 2.72. The van der Waals surface area contributed by atoms with Gasteiger partial charge in [-0.2, -0.15) is 0 Å². The van der Waals surface area contributed by atoms with Crippen LogP contribution in [-0.4, -0.2) is 28.2 Å². The minimum atomic E-state index is -0.691. The van der Waals surface area contributed by atoms with Crippen LogP contribution in [0.15, 0.2) is 30.3 Å². The molecule has 1 aromatic carbocycles. The minimum absolute atomic E-state index is 0.112. The molecular formula is C16H20O3. The van der Waals surface area contributed by atoms with Gasteiger partial charge in [0.25, 0.3) is 0 Å². The Hall–Kier alpha value is -1.19. The van der Waals surface area contributed by atoms with E-state index in [-0.39, 0.29) is 17.6 Å². The average Bonchev–Trinajstić information content (AvgIpc) is 3.32. The number of benzene rings is 1. The van der Waals surface area contributed by atoms with Crippen molar-refractivity contribution in [2.45, 2.75) is 37.9 Å². The quantitative estimate of drug-likeness (QED) is 0.769. The first-order valence-corrected chi connectivity index (χ1v) is 7.14. The van der Waals surface area contributed by atoms with E-state index in [1.54, 1.807) is 12.1 Å². The summed E-state index contributed by atoms with van der Waals surface area (Å²) >= 11 is 0. The summed E-state index contributed by atoms with van der Waals surface area (Å²) in [5.41, 5.74) is 0.590. The van der Waals surface area contributed by atoms with E-state index >= 15 is 0 Å². The van der Waals surface area contributed by atoms with Gasteiger partial charge in [0.05, 0.1) is 18.1 Å². The van der Waals surface area contributed by atoms with Crippen LogP contribution in [0.3, 0.4) is 0 Å². The molecule has 0 bridgehead atoms. The predicted molar refractivity (Wildman–Crippen MR) is 71.7 cm³/mol. The Morgan fingerprint density at radius 3 is 1.84 bits per heavy atom. The molecule has 2 saturated carbocycles. The van der Waals surface area contributed by atoms with Crippen molar-refractivity contribution in [3.05, 3.63) is 35.9 Å². The topological polar surface area (TPSA) is 57.5 Å². The van der Waals surface area contributed by atoms with E-state index in [2.05, 4.69) is 0 Å². The van der Waals surface area contributed by atoms with Gasteiger partial charge in [0.2, 0.25) is 0 Å². The highest BCUT2D eigenvalue weighted by Crippen LogP contribution is 2.43. The second-order valence-corrected chi connectivity index (χ2v) is 5.91. The van der Waals surface area contributed by atoms with Crippen LogP contribution in [0.5, 0.6) is 0 Å². The standard InChI is InChI=1S/C16H20O3/c17-14(10-4-2-1-3-5-10)13(15(18)11-6-7-11)16(19)12-8-9-12/h1-5,11-13,15-16,18-19H,6-9H2/t15-,16-/m0/s1. The molecule has 0 saturated heterocycles. The summed E-state index contributed by atoms with van der Waals surface area (Å²) in [6, 6.07) is 9.01. The van der Waals surface area contributed by atoms with E-state index in [1.165, 1.54) is 0 Å². The van der Waals surface area contributed by atoms with Crippen LogP contribution in [0.4, 0.5) is 0 Å². The molecule has 0 amide bonds. The molecule has 0 aliphatic heterocycles. The second-order valence-electron chi connectivity index (χ2n) is 5.91. The fourth-order valence-corrected chi connectivity index (χ4v) is 2.77. The fourth-order valence-electron chi connectivity index (χ4n) is 2.77. The maximum atomic E-state index is 12.6. The molecule has 102 valence electrons. The maximum absolute atomic E-state index is 12.6. The molecule has 1 aromatic rings. The number of rotatable bonds is 6. The van der Waals surface area contributed by atoms with Gasteiger partial charge < -0.3 is 10.2 Å². The lowest BCUT2D eigenvalue weighted by molar-refractivity contribution is -0.000754. The molecule has 0 radical (unpaired) electrons. The molecule has 2 N–H and O–H groups in total. The van der Waals surface area contributed by atoms with E-state index < -0.39 is 18.1 Å². The van der Waals surface area contributed by atoms with E-state index in [4.69, 9.17) is 0 Å². The predicted octanol–water partition coefficient (Wildman–Crippen LogP) is 2.03. The van der Waals surface area contributed by atoms with E-state index in [9.17, 15) is 15.0 Å². The zero-order valence-electron chi connectivity index (χ0n) is 10.9. The lowest BCUT2D eigenvalue weighted by Crippen LogP contribution is -2.40. The van der Waals surface area contributed by atoms with Crippen LogP contribution in [0.2, 0.25) is 0 Å². The summed E-state index contributed by atoms with van der Waals surface area (Å²) in [6.07, 6.45) is 2.49. The van der Waals surface area contributed by atoms with Crippen molar-refractivity contribution in [1.29, 1.82) is 0 Å². The highest BCUT2D eigenvalue weighted by Gasteiger charge is 2.46. The van der Waals surface area contributed by atoms with Crippen LogP contribution in [0.1, 0.15) is 36.0 Å². The van der Waals surface area contributed by atoms with Gasteiger partial charge in [0.1, 0.15) is 0 Å². The summed E-state index contributed by atoms with van der Waals surface area (Å²) in [6.45, 7) is 0. The van der Waals surface area contributed by atoms with Crippen LogP contribution in [0.25, 0.3) is 0 Å². The first kappa shape index (κ1) is 12.8. The van der Waals surface area contributed by atoms with Crippen LogP contribution in [-0.2, 0) is 0 Å². The van der Waals surface area contributed by atoms with Crippen LogP contribution >= 0.6 is 0 Å². The number of hydrogen-bond donors (Lipinski definition) is 2. The highest BCUT2D eigenvalue weighted by molar-refractivity contribution is 5.98. The van der Waals surface area contributed by atoms with Crippen molar-refractivity contribution in [2.24, 2.45) is 17.8 Å². The molecule has 0 aromatic heterocycles. The summed E-state index contributed by atoms with van der Waals surface area (Å²) in [4.78, 5) is 12.6. The average molecular weight is 260 g/mol. The van der Waals surface area contributed by atoms with Gasteiger partial charge in [0.15, 0.2) is 5.78 Å². The minimum Gasteiger partial charge on any atom is -0.392 e. The number of hydrogen-bond acceptors (Lipinski definition) is 3. The van der Waals surface area contributed by atoms with Gasteiger partial charge in [-0.1, -0.05) is 30.3 Å². The molecule has 2 fully saturated rings. The van der Waals surface area contributed by atoms with Crippen LogP contribution in [0, 0.1) is 17.8 Å². The van der Waals surface area contributed by atoms with Gasteiger partial charge in [-0.05, 0) is 37.5 Å². The molecule has 3 heteroatoms. The highest BCUT2D eigenvalue weighted by atomic mass is 16.3. The fraction of sp³-hybridized carbons (Fsp3) is 0.562. The Morgan fingerprint density at radius 1 is 0.947 bits per heavy atom. The second kappa shape index (κ2) is 5.06. The van der Waals surface area contributed by atoms with Crippen molar-refractivity contribution in [1.82, 2.24) is 0 Å². The van der Waals surface area contributed by atoms with Crippen molar-refractivity contribution >= 4 is 5.78 Å². The number of aliphatic hydroxyl groups excluding tert-OH is 2. The van der Waals surface area contributed by atoms with E-state index in [1.807, 2.05) is 18.2 Å². The van der Waals surface area contributed by atoms with Crippen molar-refractivity contribution in [3.8, 4) is 0 Å². The summed E-state index contributed by atoms with van der Waals surface area (Å²) in [7, 11) is 0. The normalized spacial score (nSPS) is 22.3. The van der Waals surface area contributed by atoms with Crippen molar-refractivity contribution in [3.63, 3.8) is 0 Å². The maximum Gasteiger partial charge on any atom is 0.171 e. The van der Waals surface area contributed by atoms with Crippen molar-refractivity contribution in [2.75, 3.05) is 0 Å². The van der Waals surface area contributed by atoms with Crippen LogP contribution < -0.4 is 0 Å². The number of carbonyl (C=O) groups excluding carboxylic acids is 1. The van der Waals surface area contributed by atoms with Gasteiger partial charge in [-0.15, -0.1) is 0 Å². The Morgan fingerprint density at radius 2 is 1.42 bits per heavy atom. The molecule has 0 spiro atoms. The molecule has 2 aliphatic rings. The Kier molecular flexibility index (Phi) is 3.42. The van der Waals surface area contributed by atoms with Gasteiger partial charge in [-0.3, -0.25) is 4.79 Å². The molecule has 19 heavy (non-hydrogen) atoms. The molecular weight excluding hydrogens is 240 g/mol. The molecule has 0 unspecified atom stereocenters. The zero-order chi connectivity index (χ0) is 13.4. The zero-order valence-corrected chi connectivity index (χ0v) is 10.9. The molecule has 0 heterocycles. The molecule has 3 rings (SSSR count). The summed E-state index contributed by atoms with van der Waals surface area (Å²) in [5, 5.41) is 20.7. The van der Waals surface area contributed by atoms with Gasteiger partial charge in [0, 0.05) is 5.56 Å². The molecule has 3 nitrogen and oxygen atoms in total. The smallest absolute Gasteiger partial charge is 0.171 e.